The standard InChI is InChI=1S/C19H19N3O3/c1-19(15-8-7-13-5-2-3-6-14(13)11-15)17(24)22(18(25)20-19)12-16(23)21-9-4-10-21/h2-3,5-8,11H,4,9-10,12H2,1H3,(H,20,25)/t19-/m0/s1. The fourth-order valence-electron chi connectivity index (χ4n) is 3.34. The van der Waals surface area contributed by atoms with Crippen LogP contribution in [0.3, 0.4) is 0 Å². The number of hydrogen-bond donors (Lipinski definition) is 1. The second kappa shape index (κ2) is 5.58. The van der Waals surface area contributed by atoms with Crippen LogP contribution in [0.25, 0.3) is 10.8 Å². The highest BCUT2D eigenvalue weighted by Crippen LogP contribution is 2.31. The minimum Gasteiger partial charge on any atom is -0.341 e. The number of fused-ring (bicyclic) bond motifs is 1. The van der Waals surface area contributed by atoms with E-state index in [2.05, 4.69) is 5.32 Å². The molecule has 0 saturated carbocycles. The number of amides is 4. The van der Waals surface area contributed by atoms with Gasteiger partial charge in [0.25, 0.3) is 5.91 Å². The maximum absolute atomic E-state index is 12.9. The maximum atomic E-state index is 12.9. The van der Waals surface area contributed by atoms with Gasteiger partial charge in [-0.25, -0.2) is 4.79 Å². The third-order valence-electron chi connectivity index (χ3n) is 5.10. The molecule has 0 bridgehead atoms. The Balaban J connectivity index is 1.63. The minimum atomic E-state index is -1.16. The number of imide groups is 1. The number of nitrogens with one attached hydrogen (secondary N) is 1. The average Bonchev–Trinajstić information content (AvgIpc) is 2.77. The molecule has 1 atom stereocenters. The number of carbonyl (C=O) groups excluding carboxylic acids is 3. The van der Waals surface area contributed by atoms with E-state index in [4.69, 9.17) is 0 Å². The van der Waals surface area contributed by atoms with Gasteiger partial charge in [0.2, 0.25) is 5.91 Å². The highest BCUT2D eigenvalue weighted by atomic mass is 16.2. The topological polar surface area (TPSA) is 69.7 Å². The van der Waals surface area contributed by atoms with Gasteiger partial charge in [-0.1, -0.05) is 36.4 Å². The van der Waals surface area contributed by atoms with Gasteiger partial charge in [-0.3, -0.25) is 14.5 Å². The Kier molecular flexibility index (Phi) is 3.49. The number of benzene rings is 2. The molecule has 2 aliphatic rings. The Morgan fingerprint density at radius 1 is 1.12 bits per heavy atom. The molecule has 2 aliphatic heterocycles. The zero-order valence-corrected chi connectivity index (χ0v) is 14.0. The van der Waals surface area contributed by atoms with Crippen molar-refractivity contribution >= 4 is 28.6 Å². The smallest absolute Gasteiger partial charge is 0.325 e. The summed E-state index contributed by atoms with van der Waals surface area (Å²) < 4.78 is 0. The van der Waals surface area contributed by atoms with Crippen LogP contribution in [0, 0.1) is 0 Å². The molecule has 0 aliphatic carbocycles. The number of nitrogens with zero attached hydrogens (tertiary/aromatic N) is 2. The Morgan fingerprint density at radius 3 is 2.52 bits per heavy atom. The fraction of sp³-hybridized carbons (Fsp3) is 0.316. The molecule has 0 aromatic heterocycles. The first-order valence-electron chi connectivity index (χ1n) is 8.40. The summed E-state index contributed by atoms with van der Waals surface area (Å²) >= 11 is 0. The molecule has 1 N–H and O–H groups in total. The Morgan fingerprint density at radius 2 is 1.84 bits per heavy atom. The van der Waals surface area contributed by atoms with E-state index in [9.17, 15) is 14.4 Å². The number of hydrogen-bond acceptors (Lipinski definition) is 3. The van der Waals surface area contributed by atoms with E-state index >= 15 is 0 Å². The van der Waals surface area contributed by atoms with E-state index in [1.807, 2.05) is 42.5 Å². The van der Waals surface area contributed by atoms with Crippen LogP contribution >= 0.6 is 0 Å². The minimum absolute atomic E-state index is 0.183. The van der Waals surface area contributed by atoms with Gasteiger partial charge >= 0.3 is 6.03 Å². The van der Waals surface area contributed by atoms with Crippen molar-refractivity contribution in [3.63, 3.8) is 0 Å². The summed E-state index contributed by atoms with van der Waals surface area (Å²) in [4.78, 5) is 40.1. The molecule has 2 fully saturated rings. The average molecular weight is 337 g/mol. The molecule has 2 aromatic rings. The van der Waals surface area contributed by atoms with Crippen molar-refractivity contribution < 1.29 is 14.4 Å². The molecule has 6 nitrogen and oxygen atoms in total. The van der Waals surface area contributed by atoms with Crippen molar-refractivity contribution in [2.45, 2.75) is 18.9 Å². The van der Waals surface area contributed by atoms with Crippen molar-refractivity contribution in [1.29, 1.82) is 0 Å². The summed E-state index contributed by atoms with van der Waals surface area (Å²) in [7, 11) is 0. The van der Waals surface area contributed by atoms with Crippen molar-refractivity contribution in [1.82, 2.24) is 15.1 Å². The van der Waals surface area contributed by atoms with E-state index in [0.29, 0.717) is 18.7 Å². The van der Waals surface area contributed by atoms with Crippen LogP contribution in [0.1, 0.15) is 18.9 Å². The van der Waals surface area contributed by atoms with Crippen LogP contribution in [-0.4, -0.2) is 47.3 Å². The van der Waals surface area contributed by atoms with Crippen molar-refractivity contribution in [2.75, 3.05) is 19.6 Å². The lowest BCUT2D eigenvalue weighted by molar-refractivity contribution is -0.140. The number of rotatable bonds is 3. The van der Waals surface area contributed by atoms with Crippen LogP contribution in [0.2, 0.25) is 0 Å². The number of urea groups is 1. The lowest BCUT2D eigenvalue weighted by atomic mass is 9.90. The lowest BCUT2D eigenvalue weighted by Gasteiger charge is -2.32. The van der Waals surface area contributed by atoms with Gasteiger partial charge in [-0.05, 0) is 35.7 Å². The van der Waals surface area contributed by atoms with Gasteiger partial charge in [-0.15, -0.1) is 0 Å². The summed E-state index contributed by atoms with van der Waals surface area (Å²) in [6, 6.07) is 13.0. The molecule has 4 rings (SSSR count). The van der Waals surface area contributed by atoms with E-state index in [1.165, 1.54) is 0 Å². The SMILES string of the molecule is C[C@@]1(c2ccc3ccccc3c2)NC(=O)N(CC(=O)N2CCC2)C1=O. The maximum Gasteiger partial charge on any atom is 0.325 e. The molecular formula is C19H19N3O3. The Hall–Kier alpha value is -2.89. The summed E-state index contributed by atoms with van der Waals surface area (Å²) in [5.41, 5.74) is -0.445. The molecular weight excluding hydrogens is 318 g/mol. The summed E-state index contributed by atoms with van der Waals surface area (Å²) in [6.45, 7) is 2.88. The zero-order chi connectivity index (χ0) is 17.6. The molecule has 2 saturated heterocycles. The summed E-state index contributed by atoms with van der Waals surface area (Å²) in [6.07, 6.45) is 0.973. The number of carbonyl (C=O) groups is 3. The summed E-state index contributed by atoms with van der Waals surface area (Å²) in [5.74, 6) is -0.570. The van der Waals surface area contributed by atoms with Crippen LogP contribution in [0.15, 0.2) is 42.5 Å². The Bertz CT molecular complexity index is 890. The van der Waals surface area contributed by atoms with Gasteiger partial charge in [0, 0.05) is 13.1 Å². The van der Waals surface area contributed by atoms with Crippen LogP contribution < -0.4 is 5.32 Å². The number of likely N-dealkylation sites (tertiary alicyclic amines) is 1. The first-order chi connectivity index (χ1) is 12.0. The lowest BCUT2D eigenvalue weighted by Crippen LogP contribution is -2.49. The first-order valence-corrected chi connectivity index (χ1v) is 8.40. The summed E-state index contributed by atoms with van der Waals surface area (Å²) in [5, 5.41) is 4.82. The molecule has 128 valence electrons. The van der Waals surface area contributed by atoms with Crippen LogP contribution in [-0.2, 0) is 15.1 Å². The Labute approximate surface area is 145 Å². The highest BCUT2D eigenvalue weighted by Gasteiger charge is 2.49. The van der Waals surface area contributed by atoms with Crippen molar-refractivity contribution in [2.24, 2.45) is 0 Å². The third kappa shape index (κ3) is 2.45. The molecule has 2 aromatic carbocycles. The van der Waals surface area contributed by atoms with Gasteiger partial charge in [0.1, 0.15) is 12.1 Å². The molecule has 0 radical (unpaired) electrons. The van der Waals surface area contributed by atoms with Crippen molar-refractivity contribution in [3.8, 4) is 0 Å². The second-order valence-corrected chi connectivity index (χ2v) is 6.74. The highest BCUT2D eigenvalue weighted by molar-refractivity contribution is 6.09. The molecule has 6 heteroatoms. The zero-order valence-electron chi connectivity index (χ0n) is 14.0. The second-order valence-electron chi connectivity index (χ2n) is 6.74. The first kappa shape index (κ1) is 15.6. The fourth-order valence-corrected chi connectivity index (χ4v) is 3.34. The largest absolute Gasteiger partial charge is 0.341 e. The third-order valence-corrected chi connectivity index (χ3v) is 5.10. The van der Waals surface area contributed by atoms with E-state index in [-0.39, 0.29) is 18.4 Å². The molecule has 25 heavy (non-hydrogen) atoms. The van der Waals surface area contributed by atoms with E-state index in [1.54, 1.807) is 11.8 Å². The van der Waals surface area contributed by atoms with Crippen LogP contribution in [0.5, 0.6) is 0 Å². The molecule has 0 unspecified atom stereocenters. The molecule has 4 amide bonds. The normalized spacial score (nSPS) is 22.9. The van der Waals surface area contributed by atoms with Crippen molar-refractivity contribution in [3.05, 3.63) is 48.0 Å². The predicted octanol–water partition coefficient (Wildman–Crippen LogP) is 1.84. The van der Waals surface area contributed by atoms with E-state index < -0.39 is 11.6 Å². The monoisotopic (exact) mass is 337 g/mol. The van der Waals surface area contributed by atoms with Crippen LogP contribution in [0.4, 0.5) is 4.79 Å². The van der Waals surface area contributed by atoms with Gasteiger partial charge in [-0.2, -0.15) is 0 Å². The van der Waals surface area contributed by atoms with Gasteiger partial charge in [0.05, 0.1) is 0 Å². The van der Waals surface area contributed by atoms with Gasteiger partial charge in [0.15, 0.2) is 0 Å². The van der Waals surface area contributed by atoms with Gasteiger partial charge < -0.3 is 10.2 Å². The quantitative estimate of drug-likeness (QED) is 0.869. The molecule has 2 heterocycles. The molecule has 0 spiro atoms. The predicted molar refractivity (Wildman–Crippen MR) is 92.7 cm³/mol. The van der Waals surface area contributed by atoms with E-state index in [0.717, 1.165) is 22.1 Å².